The lowest BCUT2D eigenvalue weighted by atomic mass is 10.3. The first-order valence-corrected chi connectivity index (χ1v) is 7.98. The molecule has 0 aliphatic rings. The number of hydrogen-bond acceptors (Lipinski definition) is 7. The van der Waals surface area contributed by atoms with Crippen LogP contribution >= 0.6 is 11.3 Å². The van der Waals surface area contributed by atoms with Crippen molar-refractivity contribution in [3.05, 3.63) is 41.5 Å². The normalized spacial score (nSPS) is 10.4. The molecule has 3 aromatic rings. The van der Waals surface area contributed by atoms with Crippen molar-refractivity contribution in [2.45, 2.75) is 6.92 Å². The Hall–Kier alpha value is -2.87. The number of nitrogens with zero attached hydrogens (tertiary/aromatic N) is 2. The summed E-state index contributed by atoms with van der Waals surface area (Å²) in [5.74, 6) is 1.86. The van der Waals surface area contributed by atoms with Gasteiger partial charge in [-0.1, -0.05) is 11.2 Å². The number of methoxy groups -OCH3 is 1. The van der Waals surface area contributed by atoms with Gasteiger partial charge in [-0.05, 0) is 30.5 Å². The second-order valence-electron chi connectivity index (χ2n) is 4.83. The highest BCUT2D eigenvalue weighted by molar-refractivity contribution is 7.14. The molecular formula is C16H15N3O4S. The summed E-state index contributed by atoms with van der Waals surface area (Å²) in [6.07, 6.45) is 0. The van der Waals surface area contributed by atoms with E-state index in [0.29, 0.717) is 33.8 Å². The van der Waals surface area contributed by atoms with Crippen LogP contribution in [-0.4, -0.2) is 29.8 Å². The molecule has 8 heteroatoms. The molecule has 7 nitrogen and oxygen atoms in total. The third kappa shape index (κ3) is 3.72. The molecule has 0 spiro atoms. The average Bonchev–Trinajstić information content (AvgIpc) is 3.22. The second-order valence-corrected chi connectivity index (χ2v) is 5.74. The first-order chi connectivity index (χ1) is 11.7. The van der Waals surface area contributed by atoms with Crippen molar-refractivity contribution in [1.29, 1.82) is 0 Å². The molecule has 0 radical (unpaired) electrons. The Labute approximate surface area is 142 Å². The van der Waals surface area contributed by atoms with Gasteiger partial charge in [0.15, 0.2) is 12.4 Å². The van der Waals surface area contributed by atoms with Gasteiger partial charge in [-0.15, -0.1) is 11.3 Å². The van der Waals surface area contributed by atoms with Crippen molar-refractivity contribution in [2.75, 3.05) is 19.0 Å². The molecule has 0 saturated carbocycles. The maximum absolute atomic E-state index is 12.1. The molecule has 0 bridgehead atoms. The van der Waals surface area contributed by atoms with Gasteiger partial charge in [0.1, 0.15) is 16.4 Å². The maximum Gasteiger partial charge on any atom is 0.270 e. The van der Waals surface area contributed by atoms with Gasteiger partial charge in [0.25, 0.3) is 11.8 Å². The van der Waals surface area contributed by atoms with Crippen LogP contribution in [0.5, 0.6) is 11.5 Å². The molecule has 1 N–H and O–H groups in total. The van der Waals surface area contributed by atoms with E-state index in [-0.39, 0.29) is 12.5 Å². The number of carbonyl (C=O) groups is 1. The van der Waals surface area contributed by atoms with E-state index in [1.165, 1.54) is 11.3 Å². The molecule has 0 atom stereocenters. The van der Waals surface area contributed by atoms with Crippen LogP contribution in [0, 0.1) is 6.92 Å². The number of amides is 1. The predicted octanol–water partition coefficient (Wildman–Crippen LogP) is 3.13. The first-order valence-electron chi connectivity index (χ1n) is 7.10. The van der Waals surface area contributed by atoms with Crippen molar-refractivity contribution in [1.82, 2.24) is 10.1 Å². The molecule has 124 valence electrons. The lowest BCUT2D eigenvalue weighted by Crippen LogP contribution is -2.20. The van der Waals surface area contributed by atoms with Gasteiger partial charge in [-0.3, -0.25) is 4.79 Å². The lowest BCUT2D eigenvalue weighted by molar-refractivity contribution is -0.118. The summed E-state index contributed by atoms with van der Waals surface area (Å²) >= 11 is 1.41. The standard InChI is InChI=1S/C16H15N3O4S/c1-10-17-16(23-19-10)15-13(6-7-24-15)18-14(20)9-22-12-5-3-4-11(8-12)21-2/h3-8H,9H2,1-2H3,(H,18,20). The van der Waals surface area contributed by atoms with Crippen LogP contribution in [0.3, 0.4) is 0 Å². The molecule has 1 amide bonds. The van der Waals surface area contributed by atoms with Crippen LogP contribution in [0.1, 0.15) is 5.82 Å². The van der Waals surface area contributed by atoms with Crippen LogP contribution in [0.2, 0.25) is 0 Å². The summed E-state index contributed by atoms with van der Waals surface area (Å²) in [5, 5.41) is 8.38. The van der Waals surface area contributed by atoms with Gasteiger partial charge in [-0.2, -0.15) is 4.98 Å². The lowest BCUT2D eigenvalue weighted by Gasteiger charge is -2.08. The van der Waals surface area contributed by atoms with Crippen molar-refractivity contribution >= 4 is 22.9 Å². The van der Waals surface area contributed by atoms with Gasteiger partial charge in [0.2, 0.25) is 0 Å². The Morgan fingerprint density at radius 2 is 2.17 bits per heavy atom. The third-order valence-electron chi connectivity index (χ3n) is 3.07. The summed E-state index contributed by atoms with van der Waals surface area (Å²) < 4.78 is 15.7. The molecule has 0 aliphatic heterocycles. The van der Waals surface area contributed by atoms with Gasteiger partial charge in [-0.25, -0.2) is 0 Å². The fourth-order valence-electron chi connectivity index (χ4n) is 1.99. The van der Waals surface area contributed by atoms with Gasteiger partial charge in [0.05, 0.1) is 12.8 Å². The molecule has 1 aromatic carbocycles. The smallest absolute Gasteiger partial charge is 0.270 e. The molecular weight excluding hydrogens is 330 g/mol. The fourth-order valence-corrected chi connectivity index (χ4v) is 2.76. The highest BCUT2D eigenvalue weighted by Crippen LogP contribution is 2.32. The largest absolute Gasteiger partial charge is 0.497 e. The minimum atomic E-state index is -0.284. The van der Waals surface area contributed by atoms with E-state index in [2.05, 4.69) is 15.5 Å². The summed E-state index contributed by atoms with van der Waals surface area (Å²) in [5.41, 5.74) is 0.614. The quantitative estimate of drug-likeness (QED) is 0.738. The number of carbonyl (C=O) groups excluding carboxylic acids is 1. The Balaban J connectivity index is 1.62. The molecule has 3 rings (SSSR count). The molecule has 0 unspecified atom stereocenters. The number of hydrogen-bond donors (Lipinski definition) is 1. The van der Waals surface area contributed by atoms with E-state index < -0.39 is 0 Å². The molecule has 24 heavy (non-hydrogen) atoms. The summed E-state index contributed by atoms with van der Waals surface area (Å²) in [6, 6.07) is 8.85. The summed E-state index contributed by atoms with van der Waals surface area (Å²) in [6.45, 7) is 1.62. The van der Waals surface area contributed by atoms with Gasteiger partial charge in [0, 0.05) is 6.07 Å². The number of benzene rings is 1. The van der Waals surface area contributed by atoms with E-state index in [9.17, 15) is 4.79 Å². The van der Waals surface area contributed by atoms with E-state index in [1.807, 2.05) is 5.38 Å². The van der Waals surface area contributed by atoms with E-state index in [0.717, 1.165) is 0 Å². The zero-order chi connectivity index (χ0) is 16.9. The van der Waals surface area contributed by atoms with E-state index in [4.69, 9.17) is 14.0 Å². The number of rotatable bonds is 6. The monoisotopic (exact) mass is 345 g/mol. The summed E-state index contributed by atoms with van der Waals surface area (Å²) in [4.78, 5) is 17.0. The molecule has 0 aliphatic carbocycles. The maximum atomic E-state index is 12.1. The van der Waals surface area contributed by atoms with E-state index in [1.54, 1.807) is 44.4 Å². The number of nitrogens with one attached hydrogen (secondary N) is 1. The Morgan fingerprint density at radius 3 is 2.92 bits per heavy atom. The first kappa shape index (κ1) is 16.0. The van der Waals surface area contributed by atoms with Gasteiger partial charge < -0.3 is 19.3 Å². The SMILES string of the molecule is COc1cccc(OCC(=O)Nc2ccsc2-c2nc(C)no2)c1. The number of ether oxygens (including phenoxy) is 2. The van der Waals surface area contributed by atoms with Crippen molar-refractivity contribution in [2.24, 2.45) is 0 Å². The Kier molecular flexibility index (Phi) is 4.76. The molecule has 2 aromatic heterocycles. The molecule has 2 heterocycles. The molecule has 0 saturated heterocycles. The Bertz CT molecular complexity index is 843. The number of anilines is 1. The number of thiophene rings is 1. The highest BCUT2D eigenvalue weighted by Gasteiger charge is 2.15. The predicted molar refractivity (Wildman–Crippen MR) is 89.5 cm³/mol. The minimum Gasteiger partial charge on any atom is -0.497 e. The van der Waals surface area contributed by atoms with Crippen molar-refractivity contribution in [3.8, 4) is 22.3 Å². The third-order valence-corrected chi connectivity index (χ3v) is 3.97. The summed E-state index contributed by atoms with van der Waals surface area (Å²) in [7, 11) is 1.57. The average molecular weight is 345 g/mol. The van der Waals surface area contributed by atoms with Crippen LogP contribution in [0.15, 0.2) is 40.2 Å². The van der Waals surface area contributed by atoms with Crippen LogP contribution in [0.25, 0.3) is 10.8 Å². The topological polar surface area (TPSA) is 86.5 Å². The van der Waals surface area contributed by atoms with Crippen LogP contribution in [-0.2, 0) is 4.79 Å². The van der Waals surface area contributed by atoms with Crippen LogP contribution < -0.4 is 14.8 Å². The second kappa shape index (κ2) is 7.14. The number of aryl methyl sites for hydroxylation is 1. The van der Waals surface area contributed by atoms with E-state index >= 15 is 0 Å². The van der Waals surface area contributed by atoms with Crippen molar-refractivity contribution in [3.63, 3.8) is 0 Å². The number of aromatic nitrogens is 2. The zero-order valence-corrected chi connectivity index (χ0v) is 13.9. The van der Waals surface area contributed by atoms with Crippen molar-refractivity contribution < 1.29 is 18.8 Å². The Morgan fingerprint density at radius 1 is 1.33 bits per heavy atom. The fraction of sp³-hybridized carbons (Fsp3) is 0.188. The van der Waals surface area contributed by atoms with Gasteiger partial charge >= 0.3 is 0 Å². The van der Waals surface area contributed by atoms with Crippen LogP contribution in [0.4, 0.5) is 5.69 Å². The minimum absolute atomic E-state index is 0.120. The molecule has 0 fully saturated rings. The zero-order valence-electron chi connectivity index (χ0n) is 13.1. The highest BCUT2D eigenvalue weighted by atomic mass is 32.1.